The first kappa shape index (κ1) is 17.5. The standard InChI is InChI=1S/C18H29NO2/c1-13(2)11-18(6,17(3,4)5)16(21)19-12-14-9-7-8-10-15(14)20/h7-10,13,20H,11-12H2,1-6H3,(H,19,21). The van der Waals surface area contributed by atoms with Gasteiger partial charge in [-0.2, -0.15) is 0 Å². The molecule has 0 aliphatic carbocycles. The minimum Gasteiger partial charge on any atom is -0.508 e. The van der Waals surface area contributed by atoms with Crippen LogP contribution >= 0.6 is 0 Å². The molecule has 0 spiro atoms. The Kier molecular flexibility index (Phi) is 5.43. The lowest BCUT2D eigenvalue weighted by Crippen LogP contribution is -2.47. The van der Waals surface area contributed by atoms with Crippen molar-refractivity contribution in [2.24, 2.45) is 16.7 Å². The Morgan fingerprint density at radius 3 is 2.24 bits per heavy atom. The van der Waals surface area contributed by atoms with Crippen LogP contribution in [-0.2, 0) is 11.3 Å². The Hall–Kier alpha value is -1.51. The van der Waals surface area contributed by atoms with Gasteiger partial charge in [0, 0.05) is 12.1 Å². The summed E-state index contributed by atoms with van der Waals surface area (Å²) in [5.74, 6) is 0.719. The Morgan fingerprint density at radius 2 is 1.76 bits per heavy atom. The van der Waals surface area contributed by atoms with Crippen LogP contribution in [0.25, 0.3) is 0 Å². The van der Waals surface area contributed by atoms with Crippen LogP contribution in [-0.4, -0.2) is 11.0 Å². The molecule has 0 aliphatic rings. The van der Waals surface area contributed by atoms with Gasteiger partial charge in [0.15, 0.2) is 0 Å². The number of amides is 1. The van der Waals surface area contributed by atoms with Gasteiger partial charge in [0.25, 0.3) is 0 Å². The van der Waals surface area contributed by atoms with Gasteiger partial charge in [-0.3, -0.25) is 4.79 Å². The van der Waals surface area contributed by atoms with Crippen molar-refractivity contribution in [2.75, 3.05) is 0 Å². The second-order valence-electron chi connectivity index (χ2n) is 7.49. The lowest BCUT2D eigenvalue weighted by molar-refractivity contribution is -0.137. The van der Waals surface area contributed by atoms with Crippen LogP contribution in [0.5, 0.6) is 5.75 Å². The van der Waals surface area contributed by atoms with Crippen LogP contribution in [0.15, 0.2) is 24.3 Å². The second kappa shape index (κ2) is 6.50. The first-order valence-electron chi connectivity index (χ1n) is 7.63. The van der Waals surface area contributed by atoms with E-state index >= 15 is 0 Å². The van der Waals surface area contributed by atoms with E-state index in [-0.39, 0.29) is 17.1 Å². The zero-order valence-corrected chi connectivity index (χ0v) is 14.2. The molecule has 0 saturated heterocycles. The molecule has 0 aliphatic heterocycles. The van der Waals surface area contributed by atoms with E-state index in [1.807, 2.05) is 19.1 Å². The van der Waals surface area contributed by atoms with Crippen molar-refractivity contribution in [2.45, 2.75) is 54.5 Å². The zero-order chi connectivity index (χ0) is 16.3. The normalized spacial score (nSPS) is 14.8. The number of para-hydroxylation sites is 1. The SMILES string of the molecule is CC(C)CC(C)(C(=O)NCc1ccccc1O)C(C)(C)C. The number of phenols is 1. The molecule has 0 saturated carbocycles. The summed E-state index contributed by atoms with van der Waals surface area (Å²) in [4.78, 5) is 12.7. The molecule has 118 valence electrons. The van der Waals surface area contributed by atoms with Crippen molar-refractivity contribution in [3.05, 3.63) is 29.8 Å². The summed E-state index contributed by atoms with van der Waals surface area (Å²) in [6.45, 7) is 13.0. The molecule has 1 rings (SSSR count). The summed E-state index contributed by atoms with van der Waals surface area (Å²) in [6, 6.07) is 7.10. The van der Waals surface area contributed by atoms with Crippen LogP contribution < -0.4 is 5.32 Å². The van der Waals surface area contributed by atoms with Crippen molar-refractivity contribution in [1.82, 2.24) is 5.32 Å². The van der Waals surface area contributed by atoms with Crippen LogP contribution in [0.1, 0.15) is 53.5 Å². The third kappa shape index (κ3) is 4.23. The highest BCUT2D eigenvalue weighted by Crippen LogP contribution is 2.43. The third-order valence-corrected chi connectivity index (χ3v) is 4.40. The number of rotatable bonds is 5. The number of hydrogen-bond acceptors (Lipinski definition) is 2. The van der Waals surface area contributed by atoms with Gasteiger partial charge < -0.3 is 10.4 Å². The monoisotopic (exact) mass is 291 g/mol. The second-order valence-corrected chi connectivity index (χ2v) is 7.49. The van der Waals surface area contributed by atoms with Crippen molar-refractivity contribution in [3.63, 3.8) is 0 Å². The zero-order valence-electron chi connectivity index (χ0n) is 14.2. The quantitative estimate of drug-likeness (QED) is 0.858. The smallest absolute Gasteiger partial charge is 0.226 e. The van der Waals surface area contributed by atoms with Gasteiger partial charge in [0.1, 0.15) is 5.75 Å². The van der Waals surface area contributed by atoms with Gasteiger partial charge >= 0.3 is 0 Å². The van der Waals surface area contributed by atoms with Crippen LogP contribution in [0, 0.1) is 16.7 Å². The van der Waals surface area contributed by atoms with E-state index in [2.05, 4.69) is 39.9 Å². The fourth-order valence-corrected chi connectivity index (χ4v) is 2.59. The maximum atomic E-state index is 12.7. The summed E-state index contributed by atoms with van der Waals surface area (Å²) < 4.78 is 0. The molecule has 0 bridgehead atoms. The van der Waals surface area contributed by atoms with Gasteiger partial charge in [0.2, 0.25) is 5.91 Å². The lowest BCUT2D eigenvalue weighted by atomic mass is 9.63. The molecule has 0 aromatic heterocycles. The summed E-state index contributed by atoms with van der Waals surface area (Å²) in [7, 11) is 0. The van der Waals surface area contributed by atoms with Crippen molar-refractivity contribution in [3.8, 4) is 5.75 Å². The third-order valence-electron chi connectivity index (χ3n) is 4.40. The van der Waals surface area contributed by atoms with Gasteiger partial charge in [-0.15, -0.1) is 0 Å². The van der Waals surface area contributed by atoms with Crippen molar-refractivity contribution < 1.29 is 9.90 Å². The summed E-state index contributed by atoms with van der Waals surface area (Å²) in [5, 5.41) is 12.8. The van der Waals surface area contributed by atoms with E-state index < -0.39 is 5.41 Å². The fourth-order valence-electron chi connectivity index (χ4n) is 2.59. The highest BCUT2D eigenvalue weighted by molar-refractivity contribution is 5.83. The van der Waals surface area contributed by atoms with Crippen LogP contribution in [0.3, 0.4) is 0 Å². The number of carbonyl (C=O) groups is 1. The predicted octanol–water partition coefficient (Wildman–Crippen LogP) is 4.11. The summed E-state index contributed by atoms with van der Waals surface area (Å²) in [5.41, 5.74) is 0.178. The minimum atomic E-state index is -0.439. The average Bonchev–Trinajstić information content (AvgIpc) is 2.35. The number of benzene rings is 1. The summed E-state index contributed by atoms with van der Waals surface area (Å²) >= 11 is 0. The number of phenolic OH excluding ortho intramolecular Hbond substituents is 1. The Morgan fingerprint density at radius 1 is 1.19 bits per heavy atom. The van der Waals surface area contributed by atoms with E-state index in [1.165, 1.54) is 0 Å². The molecule has 3 heteroatoms. The lowest BCUT2D eigenvalue weighted by Gasteiger charge is -2.41. The fraction of sp³-hybridized carbons (Fsp3) is 0.611. The van der Waals surface area contributed by atoms with E-state index in [9.17, 15) is 9.90 Å². The van der Waals surface area contributed by atoms with Crippen molar-refractivity contribution >= 4 is 5.91 Å². The van der Waals surface area contributed by atoms with E-state index in [0.717, 1.165) is 12.0 Å². The number of aromatic hydroxyl groups is 1. The maximum Gasteiger partial charge on any atom is 0.226 e. The molecule has 21 heavy (non-hydrogen) atoms. The minimum absolute atomic E-state index is 0.0481. The van der Waals surface area contributed by atoms with Crippen LogP contribution in [0.2, 0.25) is 0 Å². The van der Waals surface area contributed by atoms with E-state index in [4.69, 9.17) is 0 Å². The number of nitrogens with one attached hydrogen (secondary N) is 1. The molecule has 1 atom stereocenters. The topological polar surface area (TPSA) is 49.3 Å². The highest BCUT2D eigenvalue weighted by atomic mass is 16.3. The van der Waals surface area contributed by atoms with Gasteiger partial charge in [-0.1, -0.05) is 59.7 Å². The molecule has 0 heterocycles. The van der Waals surface area contributed by atoms with E-state index in [0.29, 0.717) is 12.5 Å². The molecule has 3 nitrogen and oxygen atoms in total. The van der Waals surface area contributed by atoms with Crippen molar-refractivity contribution in [1.29, 1.82) is 0 Å². The molecule has 1 amide bonds. The van der Waals surface area contributed by atoms with Gasteiger partial charge in [0.05, 0.1) is 5.41 Å². The molecule has 1 aromatic carbocycles. The largest absolute Gasteiger partial charge is 0.508 e. The number of carbonyl (C=O) groups excluding carboxylic acids is 1. The number of hydrogen-bond donors (Lipinski definition) is 2. The first-order chi connectivity index (χ1) is 9.58. The van der Waals surface area contributed by atoms with E-state index in [1.54, 1.807) is 12.1 Å². The average molecular weight is 291 g/mol. The highest BCUT2D eigenvalue weighted by Gasteiger charge is 2.44. The van der Waals surface area contributed by atoms with Gasteiger partial charge in [-0.25, -0.2) is 0 Å². The molecule has 0 radical (unpaired) electrons. The molecule has 2 N–H and O–H groups in total. The van der Waals surface area contributed by atoms with Gasteiger partial charge in [-0.05, 0) is 23.8 Å². The molecule has 1 unspecified atom stereocenters. The predicted molar refractivity (Wildman–Crippen MR) is 87.0 cm³/mol. The maximum absolute atomic E-state index is 12.7. The molecular weight excluding hydrogens is 262 g/mol. The molecule has 1 aromatic rings. The Bertz CT molecular complexity index is 488. The Labute approximate surface area is 128 Å². The molecular formula is C18H29NO2. The first-order valence-corrected chi connectivity index (χ1v) is 7.63. The molecule has 0 fully saturated rings. The Balaban J connectivity index is 2.86. The van der Waals surface area contributed by atoms with Crippen LogP contribution in [0.4, 0.5) is 0 Å². The summed E-state index contributed by atoms with van der Waals surface area (Å²) in [6.07, 6.45) is 0.836.